The Bertz CT molecular complexity index is 535. The van der Waals surface area contributed by atoms with Crippen molar-refractivity contribution in [3.05, 3.63) is 35.4 Å². The molecule has 1 amide bonds. The van der Waals surface area contributed by atoms with Crippen LogP contribution in [0.1, 0.15) is 30.7 Å². The van der Waals surface area contributed by atoms with Gasteiger partial charge in [-0.05, 0) is 36.8 Å². The summed E-state index contributed by atoms with van der Waals surface area (Å²) in [7, 11) is 0. The summed E-state index contributed by atoms with van der Waals surface area (Å²) in [5, 5.41) is 9.59. The number of carbonyl (C=O) groups is 1. The van der Waals surface area contributed by atoms with E-state index < -0.39 is 17.7 Å². The molecule has 1 saturated carbocycles. The van der Waals surface area contributed by atoms with Crippen molar-refractivity contribution in [2.45, 2.75) is 31.3 Å². The highest BCUT2D eigenvalue weighted by molar-refractivity contribution is 5.83. The lowest BCUT2D eigenvalue weighted by atomic mass is 10.1. The lowest BCUT2D eigenvalue weighted by molar-refractivity contribution is -0.135. The molecule has 0 bridgehead atoms. The molecule has 0 radical (unpaired) electrons. The number of amides is 1. The van der Waals surface area contributed by atoms with Gasteiger partial charge in [-0.15, -0.1) is 0 Å². The van der Waals surface area contributed by atoms with E-state index in [1.807, 2.05) is 0 Å². The molecule has 1 saturated heterocycles. The average Bonchev–Trinajstić information content (AvgIpc) is 3.21. The van der Waals surface area contributed by atoms with E-state index in [0.717, 1.165) is 18.9 Å². The zero-order valence-electron chi connectivity index (χ0n) is 11.1. The highest BCUT2D eigenvalue weighted by atomic mass is 19.2. The fourth-order valence-electron chi connectivity index (χ4n) is 3.01. The van der Waals surface area contributed by atoms with Crippen LogP contribution in [0.5, 0.6) is 0 Å². The Morgan fingerprint density at radius 2 is 2.15 bits per heavy atom. The van der Waals surface area contributed by atoms with Crippen LogP contribution in [0.15, 0.2) is 18.2 Å². The zero-order chi connectivity index (χ0) is 14.3. The van der Waals surface area contributed by atoms with Gasteiger partial charge >= 0.3 is 0 Å². The molecule has 1 aromatic carbocycles. The summed E-state index contributed by atoms with van der Waals surface area (Å²) in [5.41, 5.74) is 0.293. The van der Waals surface area contributed by atoms with Gasteiger partial charge < -0.3 is 10.0 Å². The Hall–Kier alpha value is -1.49. The van der Waals surface area contributed by atoms with E-state index in [0.29, 0.717) is 25.1 Å². The summed E-state index contributed by atoms with van der Waals surface area (Å²) in [6.45, 7) is 0.998. The van der Waals surface area contributed by atoms with Gasteiger partial charge in [0, 0.05) is 19.0 Å². The molecule has 3 rings (SSSR count). The number of nitrogens with zero attached hydrogens (tertiary/aromatic N) is 1. The van der Waals surface area contributed by atoms with Crippen LogP contribution in [-0.4, -0.2) is 35.1 Å². The molecule has 20 heavy (non-hydrogen) atoms. The fourth-order valence-corrected chi connectivity index (χ4v) is 3.01. The number of aliphatic hydroxyl groups is 1. The van der Waals surface area contributed by atoms with Gasteiger partial charge in [-0.1, -0.05) is 12.1 Å². The standard InChI is InChI=1S/C15H17F2NO2/c16-13-5-1-4-10(14(13)17)11-7-12(11)15(20)18-6-2-3-9(19)8-18/h1,4-5,9,11-12,19H,2-3,6-8H2. The van der Waals surface area contributed by atoms with Crippen LogP contribution in [-0.2, 0) is 4.79 Å². The van der Waals surface area contributed by atoms with Crippen molar-refractivity contribution in [3.63, 3.8) is 0 Å². The van der Waals surface area contributed by atoms with Crippen LogP contribution in [0.3, 0.4) is 0 Å². The third-order valence-electron chi connectivity index (χ3n) is 4.20. The largest absolute Gasteiger partial charge is 0.391 e. The molecular formula is C15H17F2NO2. The van der Waals surface area contributed by atoms with E-state index in [1.54, 1.807) is 11.0 Å². The van der Waals surface area contributed by atoms with Crippen molar-refractivity contribution < 1.29 is 18.7 Å². The third kappa shape index (κ3) is 2.42. The lowest BCUT2D eigenvalue weighted by Crippen LogP contribution is -2.43. The molecule has 1 N–H and O–H groups in total. The number of benzene rings is 1. The maximum atomic E-state index is 13.7. The Kier molecular flexibility index (Phi) is 3.46. The maximum Gasteiger partial charge on any atom is 0.226 e. The Morgan fingerprint density at radius 3 is 2.90 bits per heavy atom. The molecule has 3 atom stereocenters. The van der Waals surface area contributed by atoms with Crippen LogP contribution >= 0.6 is 0 Å². The van der Waals surface area contributed by atoms with Crippen LogP contribution in [0.2, 0.25) is 0 Å². The van der Waals surface area contributed by atoms with E-state index in [4.69, 9.17) is 0 Å². The van der Waals surface area contributed by atoms with Crippen molar-refractivity contribution in [3.8, 4) is 0 Å². The average molecular weight is 281 g/mol. The molecule has 108 valence electrons. The molecular weight excluding hydrogens is 264 g/mol. The molecule has 1 aliphatic heterocycles. The minimum Gasteiger partial charge on any atom is -0.391 e. The first-order chi connectivity index (χ1) is 9.58. The Balaban J connectivity index is 1.69. The molecule has 1 heterocycles. The van der Waals surface area contributed by atoms with Gasteiger partial charge in [-0.3, -0.25) is 4.79 Å². The number of likely N-dealkylation sites (tertiary alicyclic amines) is 1. The van der Waals surface area contributed by atoms with E-state index >= 15 is 0 Å². The quantitative estimate of drug-likeness (QED) is 0.901. The summed E-state index contributed by atoms with van der Waals surface area (Å²) < 4.78 is 26.9. The van der Waals surface area contributed by atoms with Gasteiger partial charge in [-0.25, -0.2) is 8.78 Å². The Morgan fingerprint density at radius 1 is 1.35 bits per heavy atom. The third-order valence-corrected chi connectivity index (χ3v) is 4.20. The number of hydrogen-bond acceptors (Lipinski definition) is 2. The van der Waals surface area contributed by atoms with Crippen LogP contribution < -0.4 is 0 Å². The fraction of sp³-hybridized carbons (Fsp3) is 0.533. The van der Waals surface area contributed by atoms with E-state index in [9.17, 15) is 18.7 Å². The monoisotopic (exact) mass is 281 g/mol. The molecule has 3 nitrogen and oxygen atoms in total. The number of carbonyl (C=O) groups excluding carboxylic acids is 1. The van der Waals surface area contributed by atoms with E-state index in [1.165, 1.54) is 6.07 Å². The van der Waals surface area contributed by atoms with Crippen molar-refractivity contribution >= 4 is 5.91 Å². The lowest BCUT2D eigenvalue weighted by Gasteiger charge is -2.30. The minimum atomic E-state index is -0.867. The van der Waals surface area contributed by atoms with E-state index in [2.05, 4.69) is 0 Å². The van der Waals surface area contributed by atoms with Crippen molar-refractivity contribution in [2.24, 2.45) is 5.92 Å². The first kappa shape index (κ1) is 13.5. The minimum absolute atomic E-state index is 0.0441. The topological polar surface area (TPSA) is 40.5 Å². The second-order valence-electron chi connectivity index (χ2n) is 5.67. The molecule has 1 aliphatic carbocycles. The van der Waals surface area contributed by atoms with Gasteiger partial charge in [0.15, 0.2) is 11.6 Å². The number of β-amino-alcohol motifs (C(OH)–C–C–N with tert-alkyl or cyclic N) is 1. The first-order valence-electron chi connectivity index (χ1n) is 6.98. The normalized spacial score (nSPS) is 29.4. The number of aliphatic hydroxyl groups excluding tert-OH is 1. The predicted molar refractivity (Wildman–Crippen MR) is 69.0 cm³/mol. The summed E-state index contributed by atoms with van der Waals surface area (Å²) in [6.07, 6.45) is 1.61. The smallest absolute Gasteiger partial charge is 0.226 e. The van der Waals surface area contributed by atoms with Gasteiger partial charge in [0.05, 0.1) is 6.10 Å². The first-order valence-corrected chi connectivity index (χ1v) is 6.98. The summed E-state index contributed by atoms with van der Waals surface area (Å²) in [5.74, 6) is -2.24. The van der Waals surface area contributed by atoms with Gasteiger partial charge in [-0.2, -0.15) is 0 Å². The number of piperidine rings is 1. The summed E-state index contributed by atoms with van der Waals surface area (Å²) in [4.78, 5) is 13.9. The molecule has 1 aromatic rings. The molecule has 3 unspecified atom stereocenters. The van der Waals surface area contributed by atoms with Crippen molar-refractivity contribution in [2.75, 3.05) is 13.1 Å². The molecule has 5 heteroatoms. The summed E-state index contributed by atoms with van der Waals surface area (Å²) >= 11 is 0. The van der Waals surface area contributed by atoms with Crippen LogP contribution in [0, 0.1) is 17.6 Å². The molecule has 0 spiro atoms. The van der Waals surface area contributed by atoms with Crippen LogP contribution in [0.25, 0.3) is 0 Å². The zero-order valence-corrected chi connectivity index (χ0v) is 11.1. The number of halogens is 2. The highest BCUT2D eigenvalue weighted by Gasteiger charge is 2.47. The van der Waals surface area contributed by atoms with E-state index in [-0.39, 0.29) is 17.7 Å². The van der Waals surface area contributed by atoms with Gasteiger partial charge in [0.1, 0.15) is 0 Å². The molecule has 0 aromatic heterocycles. The molecule has 2 aliphatic rings. The Labute approximate surface area is 116 Å². The second kappa shape index (κ2) is 5.13. The maximum absolute atomic E-state index is 13.7. The SMILES string of the molecule is O=C(C1CC1c1cccc(F)c1F)N1CCCC(O)C1. The van der Waals surface area contributed by atoms with Gasteiger partial charge in [0.25, 0.3) is 0 Å². The molecule has 2 fully saturated rings. The van der Waals surface area contributed by atoms with Crippen molar-refractivity contribution in [1.29, 1.82) is 0 Å². The number of rotatable bonds is 2. The van der Waals surface area contributed by atoms with Crippen molar-refractivity contribution in [1.82, 2.24) is 4.90 Å². The number of hydrogen-bond donors (Lipinski definition) is 1. The van der Waals surface area contributed by atoms with Gasteiger partial charge in [0.2, 0.25) is 5.91 Å². The predicted octanol–water partition coefficient (Wildman–Crippen LogP) is 2.05. The van der Waals surface area contributed by atoms with Crippen LogP contribution in [0.4, 0.5) is 8.78 Å². The second-order valence-corrected chi connectivity index (χ2v) is 5.67. The highest BCUT2D eigenvalue weighted by Crippen LogP contribution is 2.49. The summed E-state index contributed by atoms with van der Waals surface area (Å²) in [6, 6.07) is 4.10.